The number of fused-ring (bicyclic) bond motifs is 1. The number of likely N-dealkylation sites (tertiary alicyclic amines) is 1. The first-order chi connectivity index (χ1) is 15.7. The Kier molecular flexibility index (Phi) is 5.12. The van der Waals surface area contributed by atoms with Gasteiger partial charge in [-0.1, -0.05) is 12.6 Å². The van der Waals surface area contributed by atoms with Crippen LogP contribution in [-0.4, -0.2) is 33.9 Å². The van der Waals surface area contributed by atoms with E-state index in [1.54, 1.807) is 17.3 Å². The summed E-state index contributed by atoms with van der Waals surface area (Å²) < 4.78 is 41.1. The van der Waals surface area contributed by atoms with Gasteiger partial charge in [-0.05, 0) is 42.3 Å². The molecule has 2 N–H and O–H groups in total. The molecule has 1 unspecified atom stereocenters. The number of hydrogen-bond acceptors (Lipinski definition) is 5. The fourth-order valence-corrected chi connectivity index (χ4v) is 4.45. The molecule has 1 fully saturated rings. The van der Waals surface area contributed by atoms with Crippen LogP contribution in [-0.2, 0) is 12.1 Å². The molecular formula is C25H24F3N5. The van der Waals surface area contributed by atoms with Gasteiger partial charge >= 0.3 is 0 Å². The first kappa shape index (κ1) is 21.5. The van der Waals surface area contributed by atoms with Gasteiger partial charge in [-0.25, -0.2) is 13.2 Å². The van der Waals surface area contributed by atoms with Crippen molar-refractivity contribution >= 4 is 11.4 Å². The lowest BCUT2D eigenvalue weighted by Crippen LogP contribution is -2.45. The molecule has 2 aromatic heterocycles. The first-order valence-electron chi connectivity index (χ1n) is 10.8. The number of pyridine rings is 2. The average molecular weight is 451 g/mol. The van der Waals surface area contributed by atoms with Crippen LogP contribution in [0.15, 0.2) is 67.4 Å². The second-order valence-electron chi connectivity index (χ2n) is 8.87. The Morgan fingerprint density at radius 2 is 2.00 bits per heavy atom. The van der Waals surface area contributed by atoms with E-state index in [0.29, 0.717) is 18.8 Å². The molecule has 1 atom stereocenters. The highest BCUT2D eigenvalue weighted by Gasteiger charge is 2.41. The number of nitrogens with zero attached hydrogens (tertiary/aromatic N) is 3. The van der Waals surface area contributed by atoms with Crippen LogP contribution in [0.1, 0.15) is 24.5 Å². The molecule has 33 heavy (non-hydrogen) atoms. The van der Waals surface area contributed by atoms with Gasteiger partial charge in [0, 0.05) is 60.6 Å². The minimum atomic E-state index is -2.61. The van der Waals surface area contributed by atoms with Crippen LogP contribution >= 0.6 is 0 Å². The van der Waals surface area contributed by atoms with E-state index >= 15 is 0 Å². The monoisotopic (exact) mass is 451 g/mol. The van der Waals surface area contributed by atoms with Crippen molar-refractivity contribution < 1.29 is 13.2 Å². The molecule has 0 radical (unpaired) electrons. The summed E-state index contributed by atoms with van der Waals surface area (Å²) in [4.78, 5) is 10.1. The van der Waals surface area contributed by atoms with E-state index in [2.05, 4.69) is 33.2 Å². The highest BCUT2D eigenvalue weighted by atomic mass is 19.3. The molecule has 8 heteroatoms. The van der Waals surface area contributed by atoms with Gasteiger partial charge in [-0.2, -0.15) is 0 Å². The van der Waals surface area contributed by atoms with Crippen molar-refractivity contribution in [1.82, 2.24) is 14.9 Å². The van der Waals surface area contributed by atoms with Crippen LogP contribution in [0.5, 0.6) is 0 Å². The summed E-state index contributed by atoms with van der Waals surface area (Å²) in [6, 6.07) is 9.32. The standard InChI is InChI=1S/C25H24F3N5/c1-16(31-23-13-29-7-5-21(23)26)24(2)20-10-18(3-4-22(20)32-24)19-9-17(11-30-12-19)14-33-8-6-25(27,28)15-33/h3-5,7,9-13,31-32H,1,6,8,14-15H2,2H3. The van der Waals surface area contributed by atoms with Crippen molar-refractivity contribution in [2.24, 2.45) is 0 Å². The third-order valence-electron chi connectivity index (χ3n) is 6.38. The molecule has 170 valence electrons. The van der Waals surface area contributed by atoms with E-state index in [0.717, 1.165) is 27.9 Å². The van der Waals surface area contributed by atoms with Crippen LogP contribution in [0.3, 0.4) is 0 Å². The van der Waals surface area contributed by atoms with E-state index in [4.69, 9.17) is 0 Å². The van der Waals surface area contributed by atoms with Crippen LogP contribution in [0.4, 0.5) is 24.5 Å². The molecule has 0 aliphatic carbocycles. The summed E-state index contributed by atoms with van der Waals surface area (Å²) in [7, 11) is 0. The highest BCUT2D eigenvalue weighted by molar-refractivity contribution is 5.77. The summed E-state index contributed by atoms with van der Waals surface area (Å²) in [6.07, 6.45) is 6.21. The number of hydrogen-bond donors (Lipinski definition) is 2. The normalized spacial score (nSPS) is 21.1. The predicted octanol–water partition coefficient (Wildman–Crippen LogP) is 5.39. The van der Waals surface area contributed by atoms with Crippen LogP contribution in [0.25, 0.3) is 11.1 Å². The van der Waals surface area contributed by atoms with Crippen LogP contribution < -0.4 is 10.6 Å². The summed E-state index contributed by atoms with van der Waals surface area (Å²) in [5.74, 6) is -3.01. The molecule has 3 aromatic rings. The van der Waals surface area contributed by atoms with Crippen molar-refractivity contribution in [3.05, 3.63) is 84.3 Å². The Hall–Kier alpha value is -3.39. The predicted molar refractivity (Wildman–Crippen MR) is 122 cm³/mol. The SMILES string of the molecule is C=C(Nc1cnccc1F)C1(C)Nc2ccc(-c3cncc(CN4CCC(F)(F)C4)c3)cc21. The maximum absolute atomic E-state index is 14.1. The van der Waals surface area contributed by atoms with E-state index in [9.17, 15) is 13.2 Å². The Morgan fingerprint density at radius 1 is 1.15 bits per heavy atom. The molecule has 4 heterocycles. The molecule has 2 aliphatic rings. The van der Waals surface area contributed by atoms with Gasteiger partial charge in [-0.3, -0.25) is 14.9 Å². The second-order valence-corrected chi connectivity index (χ2v) is 8.87. The molecule has 5 nitrogen and oxygen atoms in total. The first-order valence-corrected chi connectivity index (χ1v) is 10.8. The largest absolute Gasteiger partial charge is 0.370 e. The molecule has 5 rings (SSSR count). The van der Waals surface area contributed by atoms with E-state index in [-0.39, 0.29) is 18.7 Å². The molecule has 0 spiro atoms. The van der Waals surface area contributed by atoms with Gasteiger partial charge in [0.05, 0.1) is 18.4 Å². The topological polar surface area (TPSA) is 53.1 Å². The average Bonchev–Trinajstić information content (AvgIpc) is 3.12. The smallest absolute Gasteiger partial charge is 0.261 e. The molecule has 0 amide bonds. The number of rotatable bonds is 6. The fraction of sp³-hybridized carbons (Fsp3) is 0.280. The van der Waals surface area contributed by atoms with Crippen molar-refractivity contribution in [3.63, 3.8) is 0 Å². The molecule has 2 aliphatic heterocycles. The van der Waals surface area contributed by atoms with Gasteiger partial charge in [0.2, 0.25) is 0 Å². The lowest BCUT2D eigenvalue weighted by molar-refractivity contribution is 0.0115. The zero-order valence-electron chi connectivity index (χ0n) is 18.2. The van der Waals surface area contributed by atoms with Crippen molar-refractivity contribution in [3.8, 4) is 11.1 Å². The zero-order chi connectivity index (χ0) is 23.2. The third kappa shape index (κ3) is 4.06. The molecule has 1 aromatic carbocycles. The molecule has 0 saturated carbocycles. The summed E-state index contributed by atoms with van der Waals surface area (Å²) in [5, 5.41) is 6.42. The van der Waals surface area contributed by atoms with Gasteiger partial charge in [0.1, 0.15) is 11.4 Å². The molecule has 1 saturated heterocycles. The lowest BCUT2D eigenvalue weighted by atomic mass is 9.79. The second kappa shape index (κ2) is 7.88. The van der Waals surface area contributed by atoms with Gasteiger partial charge < -0.3 is 10.6 Å². The Morgan fingerprint density at radius 3 is 2.76 bits per heavy atom. The summed E-state index contributed by atoms with van der Waals surface area (Å²) >= 11 is 0. The maximum atomic E-state index is 14.1. The zero-order valence-corrected chi connectivity index (χ0v) is 18.2. The molecular weight excluding hydrogens is 427 g/mol. The van der Waals surface area contributed by atoms with Gasteiger partial charge in [0.25, 0.3) is 5.92 Å². The molecule has 0 bridgehead atoms. The third-order valence-corrected chi connectivity index (χ3v) is 6.38. The van der Waals surface area contributed by atoms with Crippen molar-refractivity contribution in [2.45, 2.75) is 31.4 Å². The number of halogens is 3. The Balaban J connectivity index is 1.36. The quantitative estimate of drug-likeness (QED) is 0.526. The van der Waals surface area contributed by atoms with Crippen LogP contribution in [0, 0.1) is 5.82 Å². The van der Waals surface area contributed by atoms with Gasteiger partial charge in [0.15, 0.2) is 0 Å². The number of aromatic nitrogens is 2. The Bertz CT molecular complexity index is 1230. The van der Waals surface area contributed by atoms with E-state index < -0.39 is 17.3 Å². The minimum Gasteiger partial charge on any atom is -0.370 e. The minimum absolute atomic E-state index is 0.0998. The lowest BCUT2D eigenvalue weighted by Gasteiger charge is -2.45. The van der Waals surface area contributed by atoms with Crippen LogP contribution in [0.2, 0.25) is 0 Å². The van der Waals surface area contributed by atoms with Crippen molar-refractivity contribution in [2.75, 3.05) is 23.7 Å². The fourth-order valence-electron chi connectivity index (χ4n) is 4.45. The van der Waals surface area contributed by atoms with E-state index in [1.165, 1.54) is 18.5 Å². The van der Waals surface area contributed by atoms with Crippen molar-refractivity contribution in [1.29, 1.82) is 0 Å². The van der Waals surface area contributed by atoms with Gasteiger partial charge in [-0.15, -0.1) is 0 Å². The number of anilines is 2. The van der Waals surface area contributed by atoms with E-state index in [1.807, 2.05) is 25.1 Å². The Labute approximate surface area is 190 Å². The summed E-state index contributed by atoms with van der Waals surface area (Å²) in [5.41, 5.74) is 5.02. The highest BCUT2D eigenvalue weighted by Crippen LogP contribution is 2.47. The number of nitrogens with one attached hydrogen (secondary N) is 2. The summed E-state index contributed by atoms with van der Waals surface area (Å²) in [6.45, 7) is 6.71. The maximum Gasteiger partial charge on any atom is 0.261 e. The number of alkyl halides is 2. The number of benzene rings is 1.